The number of sulfonamides is 1. The van der Waals surface area contributed by atoms with E-state index in [1.807, 2.05) is 18.2 Å². The van der Waals surface area contributed by atoms with E-state index < -0.39 is 10.0 Å². The van der Waals surface area contributed by atoms with Crippen molar-refractivity contribution in [2.45, 2.75) is 4.90 Å². The summed E-state index contributed by atoms with van der Waals surface area (Å²) in [4.78, 5) is 26.3. The number of nitrogens with one attached hydrogen (secondary N) is 1. The summed E-state index contributed by atoms with van der Waals surface area (Å²) in [7, 11) is -3.72. The average molecular weight is 464 g/mol. The lowest BCUT2D eigenvalue weighted by Gasteiger charge is -2.34. The molecule has 0 aliphatic carbocycles. The molecule has 1 aromatic carbocycles. The summed E-state index contributed by atoms with van der Waals surface area (Å²) in [5.74, 6) is 0.548. The zero-order chi connectivity index (χ0) is 22.8. The van der Waals surface area contributed by atoms with E-state index in [2.05, 4.69) is 15.0 Å². The van der Waals surface area contributed by atoms with Gasteiger partial charge in [-0.15, -0.1) is 0 Å². The Balaban J connectivity index is 1.31. The van der Waals surface area contributed by atoms with Crippen LogP contribution in [0.15, 0.2) is 78.1 Å². The summed E-state index contributed by atoms with van der Waals surface area (Å²) in [5, 5.41) is 0.550. The summed E-state index contributed by atoms with van der Waals surface area (Å²) in [5.41, 5.74) is 0.854. The predicted octanol–water partition coefficient (Wildman–Crippen LogP) is 2.90. The van der Waals surface area contributed by atoms with Crippen molar-refractivity contribution in [3.63, 3.8) is 0 Å². The molecule has 1 fully saturated rings. The maximum atomic E-state index is 13.2. The first kappa shape index (κ1) is 21.1. The highest BCUT2D eigenvalue weighted by Gasteiger charge is 2.33. The van der Waals surface area contributed by atoms with Gasteiger partial charge in [-0.05, 0) is 36.4 Å². The molecule has 0 radical (unpaired) electrons. The van der Waals surface area contributed by atoms with Crippen LogP contribution in [0.5, 0.6) is 11.6 Å². The fourth-order valence-electron chi connectivity index (χ4n) is 3.82. The van der Waals surface area contributed by atoms with E-state index in [-0.39, 0.29) is 42.9 Å². The van der Waals surface area contributed by atoms with E-state index in [1.165, 1.54) is 10.5 Å². The Kier molecular flexibility index (Phi) is 5.53. The number of nitrogens with zero attached hydrogens (tertiary/aromatic N) is 4. The molecule has 0 bridgehead atoms. The molecule has 0 atom stereocenters. The van der Waals surface area contributed by atoms with E-state index in [9.17, 15) is 13.2 Å². The number of amides is 1. The fourth-order valence-corrected chi connectivity index (χ4v) is 5.39. The summed E-state index contributed by atoms with van der Waals surface area (Å²) in [6.45, 7) is 0.906. The monoisotopic (exact) mass is 463 g/mol. The van der Waals surface area contributed by atoms with Crippen molar-refractivity contribution in [3.8, 4) is 11.6 Å². The van der Waals surface area contributed by atoms with Crippen molar-refractivity contribution >= 4 is 27.0 Å². The third-order valence-corrected chi connectivity index (χ3v) is 7.45. The van der Waals surface area contributed by atoms with Gasteiger partial charge in [0.25, 0.3) is 5.91 Å². The third-order valence-electron chi connectivity index (χ3n) is 5.52. The topological polar surface area (TPSA) is 108 Å². The van der Waals surface area contributed by atoms with Gasteiger partial charge in [0.1, 0.15) is 21.9 Å². The number of aromatic amines is 1. The first-order valence-corrected chi connectivity index (χ1v) is 11.9. The van der Waals surface area contributed by atoms with Crippen LogP contribution in [-0.2, 0) is 10.0 Å². The second-order valence-corrected chi connectivity index (χ2v) is 9.43. The van der Waals surface area contributed by atoms with Gasteiger partial charge in [-0.1, -0.05) is 18.2 Å². The Hall–Kier alpha value is -3.76. The highest BCUT2D eigenvalue weighted by molar-refractivity contribution is 7.89. The van der Waals surface area contributed by atoms with Crippen LogP contribution in [0.1, 0.15) is 10.4 Å². The van der Waals surface area contributed by atoms with Gasteiger partial charge in [0.2, 0.25) is 15.9 Å². The largest absolute Gasteiger partial charge is 0.438 e. The van der Waals surface area contributed by atoms with E-state index in [4.69, 9.17) is 4.74 Å². The molecule has 0 unspecified atom stereocenters. The Morgan fingerprint density at radius 2 is 1.64 bits per heavy atom. The van der Waals surface area contributed by atoms with Crippen LogP contribution in [0.3, 0.4) is 0 Å². The minimum absolute atomic E-state index is 0.191. The van der Waals surface area contributed by atoms with E-state index >= 15 is 0 Å². The van der Waals surface area contributed by atoms with Crippen molar-refractivity contribution in [1.82, 2.24) is 24.2 Å². The molecule has 33 heavy (non-hydrogen) atoms. The van der Waals surface area contributed by atoms with Crippen LogP contribution < -0.4 is 4.74 Å². The number of carbonyl (C=O) groups is 1. The second-order valence-electron chi connectivity index (χ2n) is 7.52. The number of para-hydroxylation sites is 1. The van der Waals surface area contributed by atoms with Crippen LogP contribution in [0.4, 0.5) is 0 Å². The first-order chi connectivity index (χ1) is 16.0. The number of hydrogen-bond donors (Lipinski definition) is 1. The van der Waals surface area contributed by atoms with Crippen LogP contribution in [0.25, 0.3) is 11.0 Å². The Morgan fingerprint density at radius 3 is 2.42 bits per heavy atom. The Morgan fingerprint density at radius 1 is 0.909 bits per heavy atom. The molecule has 1 N–H and O–H groups in total. The molecule has 1 amide bonds. The minimum atomic E-state index is -3.72. The number of benzene rings is 1. The first-order valence-electron chi connectivity index (χ1n) is 10.4. The highest BCUT2D eigenvalue weighted by Crippen LogP contribution is 2.27. The second kappa shape index (κ2) is 8.64. The van der Waals surface area contributed by atoms with Gasteiger partial charge >= 0.3 is 0 Å². The number of aromatic nitrogens is 3. The smallest absolute Gasteiger partial charge is 0.259 e. The molecular formula is C23H21N5O4S. The molecule has 4 aromatic rings. The normalized spacial score (nSPS) is 15.0. The van der Waals surface area contributed by atoms with Crippen LogP contribution in [0.2, 0.25) is 0 Å². The summed E-state index contributed by atoms with van der Waals surface area (Å²) in [6.07, 6.45) is 4.64. The maximum Gasteiger partial charge on any atom is 0.259 e. The number of hydrogen-bond acceptors (Lipinski definition) is 6. The van der Waals surface area contributed by atoms with Crippen LogP contribution in [-0.4, -0.2) is 64.7 Å². The van der Waals surface area contributed by atoms with Gasteiger partial charge in [0.05, 0.1) is 0 Å². The Bertz CT molecular complexity index is 1400. The van der Waals surface area contributed by atoms with Crippen molar-refractivity contribution in [1.29, 1.82) is 0 Å². The molecule has 0 saturated carbocycles. The summed E-state index contributed by atoms with van der Waals surface area (Å²) < 4.78 is 33.6. The van der Waals surface area contributed by atoms with Gasteiger partial charge in [0.15, 0.2) is 0 Å². The van der Waals surface area contributed by atoms with E-state index in [1.54, 1.807) is 53.7 Å². The standard InChI is InChI=1S/C23H21N5O4S/c29-23(19-9-5-11-25-22(19)32-17-6-2-1-3-7-17)27-12-14-28(15-13-27)33(30,31)20-16-26-21-18(20)8-4-10-24-21/h1-11,16H,12-15H2,(H,24,26). The number of pyridine rings is 2. The van der Waals surface area contributed by atoms with E-state index in [0.29, 0.717) is 22.3 Å². The molecule has 1 aliphatic heterocycles. The molecule has 4 heterocycles. The number of carbonyl (C=O) groups excluding carboxylic acids is 1. The van der Waals surface area contributed by atoms with Crippen molar-refractivity contribution in [3.05, 3.63) is 78.8 Å². The number of piperazine rings is 1. The number of rotatable bonds is 5. The predicted molar refractivity (Wildman–Crippen MR) is 122 cm³/mol. The van der Waals surface area contributed by atoms with E-state index in [0.717, 1.165) is 0 Å². The molecule has 9 nitrogen and oxygen atoms in total. The summed E-state index contributed by atoms with van der Waals surface area (Å²) in [6, 6.07) is 15.9. The SMILES string of the molecule is O=C(c1cccnc1Oc1ccccc1)N1CCN(S(=O)(=O)c2c[nH]c3ncccc23)CC1. The number of fused-ring (bicyclic) bond motifs is 1. The lowest BCUT2D eigenvalue weighted by Crippen LogP contribution is -2.50. The van der Waals surface area contributed by atoms with Crippen molar-refractivity contribution in [2.75, 3.05) is 26.2 Å². The minimum Gasteiger partial charge on any atom is -0.438 e. The molecule has 0 spiro atoms. The van der Waals surface area contributed by atoms with Gasteiger partial charge in [-0.2, -0.15) is 4.31 Å². The molecular weight excluding hydrogens is 442 g/mol. The lowest BCUT2D eigenvalue weighted by atomic mass is 10.2. The average Bonchev–Trinajstić information content (AvgIpc) is 3.30. The van der Waals surface area contributed by atoms with Gasteiger partial charge in [0, 0.05) is 50.2 Å². The number of H-pyrrole nitrogens is 1. The zero-order valence-corrected chi connectivity index (χ0v) is 18.4. The van der Waals surface area contributed by atoms with Gasteiger partial charge in [-0.25, -0.2) is 18.4 Å². The van der Waals surface area contributed by atoms with Crippen molar-refractivity contribution < 1.29 is 17.9 Å². The maximum absolute atomic E-state index is 13.2. The van der Waals surface area contributed by atoms with Gasteiger partial charge < -0.3 is 14.6 Å². The lowest BCUT2D eigenvalue weighted by molar-refractivity contribution is 0.0694. The fraction of sp³-hybridized carbons (Fsp3) is 0.174. The summed E-state index contributed by atoms with van der Waals surface area (Å²) >= 11 is 0. The quantitative estimate of drug-likeness (QED) is 0.488. The molecule has 5 rings (SSSR count). The van der Waals surface area contributed by atoms with Crippen LogP contribution >= 0.6 is 0 Å². The Labute approximate surface area is 190 Å². The highest BCUT2D eigenvalue weighted by atomic mass is 32.2. The molecule has 10 heteroatoms. The third kappa shape index (κ3) is 4.06. The molecule has 1 saturated heterocycles. The molecule has 3 aromatic heterocycles. The molecule has 1 aliphatic rings. The zero-order valence-electron chi connectivity index (χ0n) is 17.6. The van der Waals surface area contributed by atoms with Crippen LogP contribution in [0, 0.1) is 0 Å². The molecule has 168 valence electrons. The van der Waals surface area contributed by atoms with Gasteiger partial charge in [-0.3, -0.25) is 4.79 Å². The number of ether oxygens (including phenoxy) is 1. The van der Waals surface area contributed by atoms with Crippen molar-refractivity contribution in [2.24, 2.45) is 0 Å².